The molecule has 1 amide bonds. The summed E-state index contributed by atoms with van der Waals surface area (Å²) in [5, 5.41) is 4.23. The van der Waals surface area contributed by atoms with E-state index in [9.17, 15) is 18.0 Å². The van der Waals surface area contributed by atoms with Crippen molar-refractivity contribution in [1.82, 2.24) is 9.13 Å². The quantitative estimate of drug-likeness (QED) is 0.534. The van der Waals surface area contributed by atoms with Gasteiger partial charge in [-0.25, -0.2) is 13.2 Å². The van der Waals surface area contributed by atoms with Crippen LogP contribution in [0.3, 0.4) is 0 Å². The van der Waals surface area contributed by atoms with E-state index in [0.29, 0.717) is 22.3 Å². The Labute approximate surface area is 178 Å². The highest BCUT2D eigenvalue weighted by Gasteiger charge is 2.40. The van der Waals surface area contributed by atoms with Crippen molar-refractivity contribution in [1.29, 1.82) is 0 Å². The van der Waals surface area contributed by atoms with Crippen LogP contribution in [-0.2, 0) is 28.9 Å². The molecule has 158 valence electrons. The normalized spacial score (nSPS) is 15.5. The number of benzene rings is 3. The summed E-state index contributed by atoms with van der Waals surface area (Å²) in [5.41, 5.74) is 2.22. The number of anilines is 2. The van der Waals surface area contributed by atoms with Crippen LogP contribution in [-0.4, -0.2) is 29.5 Å². The minimum atomic E-state index is -3.85. The first kappa shape index (κ1) is 19.4. The standard InChI is InChI=1S/C22H20N4O4S/c1-13(21(27)23-15-10-11-16-18(12-15)25(3)22(28)24(16)2)26-17-8-4-6-14-7-5-9-19(20(14)17)31(26,29)30/h4-13H,1-3H3,(H,23,27). The van der Waals surface area contributed by atoms with Crippen LogP contribution in [0.15, 0.2) is 64.3 Å². The zero-order chi connectivity index (χ0) is 22.1. The molecule has 1 atom stereocenters. The molecule has 0 spiro atoms. The summed E-state index contributed by atoms with van der Waals surface area (Å²) >= 11 is 0. The number of fused-ring (bicyclic) bond motifs is 1. The molecule has 1 aromatic heterocycles. The molecule has 3 aromatic carbocycles. The van der Waals surface area contributed by atoms with Crippen LogP contribution >= 0.6 is 0 Å². The lowest BCUT2D eigenvalue weighted by atomic mass is 10.1. The zero-order valence-electron chi connectivity index (χ0n) is 17.2. The number of hydrogen-bond acceptors (Lipinski definition) is 4. The van der Waals surface area contributed by atoms with E-state index in [1.54, 1.807) is 63.5 Å². The topological polar surface area (TPSA) is 93.4 Å². The third-order valence-electron chi connectivity index (χ3n) is 5.89. The number of nitrogens with zero attached hydrogens (tertiary/aromatic N) is 3. The molecular weight excluding hydrogens is 416 g/mol. The molecule has 0 fully saturated rings. The highest BCUT2D eigenvalue weighted by molar-refractivity contribution is 7.93. The molecule has 9 heteroatoms. The van der Waals surface area contributed by atoms with Crippen LogP contribution in [0.25, 0.3) is 21.8 Å². The second-order valence-corrected chi connectivity index (χ2v) is 9.48. The molecule has 0 bridgehead atoms. The fourth-order valence-corrected chi connectivity index (χ4v) is 6.14. The number of hydrogen-bond donors (Lipinski definition) is 1. The number of amides is 1. The van der Waals surface area contributed by atoms with E-state index in [0.717, 1.165) is 10.9 Å². The summed E-state index contributed by atoms with van der Waals surface area (Å²) in [6, 6.07) is 14.6. The van der Waals surface area contributed by atoms with Crippen molar-refractivity contribution < 1.29 is 13.2 Å². The Morgan fingerprint density at radius 1 is 0.968 bits per heavy atom. The lowest BCUT2D eigenvalue weighted by molar-refractivity contribution is -0.116. The smallest absolute Gasteiger partial charge is 0.324 e. The molecule has 4 aromatic rings. The Morgan fingerprint density at radius 3 is 2.39 bits per heavy atom. The van der Waals surface area contributed by atoms with Crippen LogP contribution in [0.5, 0.6) is 0 Å². The van der Waals surface area contributed by atoms with E-state index < -0.39 is 22.0 Å². The van der Waals surface area contributed by atoms with Gasteiger partial charge in [-0.1, -0.05) is 24.3 Å². The molecule has 1 unspecified atom stereocenters. The van der Waals surface area contributed by atoms with Gasteiger partial charge < -0.3 is 5.32 Å². The average molecular weight is 436 g/mol. The van der Waals surface area contributed by atoms with Gasteiger partial charge in [-0.15, -0.1) is 0 Å². The van der Waals surface area contributed by atoms with Gasteiger partial charge in [0.1, 0.15) is 6.04 Å². The van der Waals surface area contributed by atoms with Gasteiger partial charge in [-0.05, 0) is 42.6 Å². The number of sulfonamides is 1. The molecule has 8 nitrogen and oxygen atoms in total. The summed E-state index contributed by atoms with van der Waals surface area (Å²) < 4.78 is 30.7. The monoisotopic (exact) mass is 436 g/mol. The number of carbonyl (C=O) groups excluding carboxylic acids is 1. The van der Waals surface area contributed by atoms with Crippen molar-refractivity contribution >= 4 is 49.1 Å². The number of imidazole rings is 1. The molecule has 2 heterocycles. The van der Waals surface area contributed by atoms with E-state index >= 15 is 0 Å². The van der Waals surface area contributed by atoms with Gasteiger partial charge in [0.05, 0.1) is 21.6 Å². The van der Waals surface area contributed by atoms with Crippen LogP contribution in [0.2, 0.25) is 0 Å². The van der Waals surface area contributed by atoms with Gasteiger partial charge in [0.2, 0.25) is 5.91 Å². The Kier molecular flexibility index (Phi) is 4.03. The first-order valence-electron chi connectivity index (χ1n) is 9.74. The lowest BCUT2D eigenvalue weighted by Gasteiger charge is -2.25. The van der Waals surface area contributed by atoms with E-state index in [1.807, 2.05) is 12.1 Å². The molecule has 1 aliphatic heterocycles. The second-order valence-electron chi connectivity index (χ2n) is 7.70. The molecule has 1 aliphatic rings. The van der Waals surface area contributed by atoms with Crippen molar-refractivity contribution in [2.75, 3.05) is 9.62 Å². The summed E-state index contributed by atoms with van der Waals surface area (Å²) in [5.74, 6) is -0.464. The number of carbonyl (C=O) groups is 1. The molecule has 31 heavy (non-hydrogen) atoms. The highest BCUT2D eigenvalue weighted by Crippen LogP contribution is 2.43. The van der Waals surface area contributed by atoms with Crippen molar-refractivity contribution in [2.45, 2.75) is 17.9 Å². The third kappa shape index (κ3) is 2.63. The van der Waals surface area contributed by atoms with E-state index in [4.69, 9.17) is 0 Å². The maximum Gasteiger partial charge on any atom is 0.328 e. The fourth-order valence-electron chi connectivity index (χ4n) is 4.28. The second kappa shape index (κ2) is 6.45. The summed E-state index contributed by atoms with van der Waals surface area (Å²) in [7, 11) is -0.513. The predicted molar refractivity (Wildman–Crippen MR) is 120 cm³/mol. The van der Waals surface area contributed by atoms with Crippen LogP contribution in [0, 0.1) is 0 Å². The maximum absolute atomic E-state index is 13.2. The lowest BCUT2D eigenvalue weighted by Crippen LogP contribution is -2.43. The summed E-state index contributed by atoms with van der Waals surface area (Å²) in [6.45, 7) is 1.56. The molecule has 0 saturated heterocycles. The Balaban J connectivity index is 1.51. The third-order valence-corrected chi connectivity index (χ3v) is 7.82. The Hall–Kier alpha value is -3.59. The minimum Gasteiger partial charge on any atom is -0.324 e. The zero-order valence-corrected chi connectivity index (χ0v) is 18.0. The van der Waals surface area contributed by atoms with Gasteiger partial charge in [0, 0.05) is 25.2 Å². The maximum atomic E-state index is 13.2. The molecule has 0 radical (unpaired) electrons. The molecule has 1 N–H and O–H groups in total. The number of aromatic nitrogens is 2. The van der Waals surface area contributed by atoms with Gasteiger partial charge in [0.15, 0.2) is 0 Å². The largest absolute Gasteiger partial charge is 0.328 e. The minimum absolute atomic E-state index is 0.166. The summed E-state index contributed by atoms with van der Waals surface area (Å²) in [6.07, 6.45) is 0. The first-order chi connectivity index (χ1) is 14.7. The van der Waals surface area contributed by atoms with Crippen molar-refractivity contribution in [2.24, 2.45) is 14.1 Å². The van der Waals surface area contributed by atoms with Crippen molar-refractivity contribution in [3.8, 4) is 0 Å². The van der Waals surface area contributed by atoms with Crippen molar-refractivity contribution in [3.05, 3.63) is 65.1 Å². The molecule has 0 saturated carbocycles. The first-order valence-corrected chi connectivity index (χ1v) is 11.2. The van der Waals surface area contributed by atoms with Crippen LogP contribution in [0.1, 0.15) is 6.92 Å². The number of nitrogens with one attached hydrogen (secondary N) is 1. The summed E-state index contributed by atoms with van der Waals surface area (Å²) in [4.78, 5) is 25.4. The fraction of sp³-hybridized carbons (Fsp3) is 0.182. The van der Waals surface area contributed by atoms with Crippen molar-refractivity contribution in [3.63, 3.8) is 0 Å². The van der Waals surface area contributed by atoms with Crippen LogP contribution in [0.4, 0.5) is 11.4 Å². The average Bonchev–Trinajstić information content (AvgIpc) is 3.11. The highest BCUT2D eigenvalue weighted by atomic mass is 32.2. The van der Waals surface area contributed by atoms with Gasteiger partial charge in [-0.2, -0.15) is 0 Å². The Morgan fingerprint density at radius 2 is 1.65 bits per heavy atom. The van der Waals surface area contributed by atoms with E-state index in [2.05, 4.69) is 5.32 Å². The molecular formula is C22H20N4O4S. The van der Waals surface area contributed by atoms with Gasteiger partial charge in [-0.3, -0.25) is 18.2 Å². The van der Waals surface area contributed by atoms with E-state index in [1.165, 1.54) is 13.4 Å². The van der Waals surface area contributed by atoms with Crippen LogP contribution < -0.4 is 15.3 Å². The molecule has 0 aliphatic carbocycles. The number of aryl methyl sites for hydroxylation is 2. The van der Waals surface area contributed by atoms with Gasteiger partial charge >= 0.3 is 5.69 Å². The predicted octanol–water partition coefficient (Wildman–Crippen LogP) is 2.57. The SMILES string of the molecule is CC(C(=O)Nc1ccc2c(c1)n(C)c(=O)n2C)N1c2cccc3cccc(c23)S1(=O)=O. The van der Waals surface area contributed by atoms with Gasteiger partial charge in [0.25, 0.3) is 10.0 Å². The Bertz CT molecular complexity index is 1560. The molecule has 5 rings (SSSR count). The van der Waals surface area contributed by atoms with E-state index in [-0.39, 0.29) is 10.6 Å². The number of rotatable bonds is 3.